The number of hydrogen-bond donors (Lipinski definition) is 1. The highest BCUT2D eigenvalue weighted by atomic mass is 79.9. The van der Waals surface area contributed by atoms with E-state index in [0.29, 0.717) is 25.8 Å². The molecule has 0 fully saturated rings. The predicted octanol–water partition coefficient (Wildman–Crippen LogP) is 5.69. The van der Waals surface area contributed by atoms with Crippen LogP contribution in [0.5, 0.6) is 0 Å². The Morgan fingerprint density at radius 1 is 0.974 bits per heavy atom. The number of nitrogens with one attached hydrogen (secondary N) is 1. The van der Waals surface area contributed by atoms with Crippen molar-refractivity contribution in [3.8, 4) is 0 Å². The van der Waals surface area contributed by atoms with E-state index in [0.717, 1.165) is 16.1 Å². The minimum Gasteiger partial charge on any atom is -0.352 e. The summed E-state index contributed by atoms with van der Waals surface area (Å²) in [6, 6.07) is 19.7. The molecule has 39 heavy (non-hydrogen) atoms. The van der Waals surface area contributed by atoms with Crippen molar-refractivity contribution in [3.63, 3.8) is 0 Å². The second-order valence-electron chi connectivity index (χ2n) is 9.38. The number of amides is 2. The van der Waals surface area contributed by atoms with Gasteiger partial charge in [-0.3, -0.25) is 13.9 Å². The van der Waals surface area contributed by atoms with E-state index in [4.69, 9.17) is 23.2 Å². The fraction of sp³-hybridized carbons (Fsp3) is 0.286. The van der Waals surface area contributed by atoms with Crippen molar-refractivity contribution in [2.75, 3.05) is 17.1 Å². The van der Waals surface area contributed by atoms with Crippen molar-refractivity contribution >= 4 is 66.7 Å². The average Bonchev–Trinajstić information content (AvgIpc) is 2.85. The van der Waals surface area contributed by atoms with Crippen LogP contribution in [-0.2, 0) is 32.6 Å². The van der Waals surface area contributed by atoms with E-state index in [1.54, 1.807) is 42.5 Å². The number of carbonyl (C=O) groups excluding carboxylic acids is 2. The molecule has 2 amide bonds. The summed E-state index contributed by atoms with van der Waals surface area (Å²) in [6.45, 7) is 3.12. The molecule has 0 bridgehead atoms. The Morgan fingerprint density at radius 2 is 1.67 bits per heavy atom. The third kappa shape index (κ3) is 8.96. The fourth-order valence-electron chi connectivity index (χ4n) is 4.01. The Hall–Kier alpha value is -2.59. The molecule has 1 N–H and O–H groups in total. The standard InChI is InChI=1S/C28H30BrCl2N3O4S/c1-19(2)32-28(36)26(14-20-8-5-4-6-9-20)33(17-21-12-13-23(30)16-25(21)31)27(35)18-34(39(3,37)38)24-11-7-10-22(29)15-24/h4-13,15-16,19,26H,14,17-18H2,1-3H3,(H,32,36). The molecule has 0 saturated carbocycles. The minimum atomic E-state index is -3.85. The second-order valence-corrected chi connectivity index (χ2v) is 13.0. The summed E-state index contributed by atoms with van der Waals surface area (Å²) in [4.78, 5) is 28.9. The molecule has 11 heteroatoms. The lowest BCUT2D eigenvalue weighted by atomic mass is 10.0. The van der Waals surface area contributed by atoms with Gasteiger partial charge >= 0.3 is 0 Å². The lowest BCUT2D eigenvalue weighted by molar-refractivity contribution is -0.140. The molecular weight excluding hydrogens is 625 g/mol. The molecule has 0 saturated heterocycles. The number of sulfonamides is 1. The highest BCUT2D eigenvalue weighted by molar-refractivity contribution is 9.10. The summed E-state index contributed by atoms with van der Waals surface area (Å²) in [5.41, 5.74) is 1.72. The molecule has 0 aliphatic rings. The molecule has 3 aromatic rings. The molecule has 1 atom stereocenters. The zero-order valence-electron chi connectivity index (χ0n) is 21.8. The predicted molar refractivity (Wildman–Crippen MR) is 161 cm³/mol. The molecule has 0 heterocycles. The molecule has 3 aromatic carbocycles. The van der Waals surface area contributed by atoms with E-state index in [1.807, 2.05) is 44.2 Å². The zero-order chi connectivity index (χ0) is 28.7. The van der Waals surface area contributed by atoms with Crippen molar-refractivity contribution in [1.82, 2.24) is 10.2 Å². The van der Waals surface area contributed by atoms with Crippen LogP contribution in [0.25, 0.3) is 0 Å². The maximum Gasteiger partial charge on any atom is 0.244 e. The Labute approximate surface area is 248 Å². The summed E-state index contributed by atoms with van der Waals surface area (Å²) in [5, 5.41) is 3.66. The Balaban J connectivity index is 2.08. The van der Waals surface area contributed by atoms with Crippen LogP contribution in [0.1, 0.15) is 25.0 Å². The average molecular weight is 655 g/mol. The van der Waals surface area contributed by atoms with E-state index < -0.39 is 28.5 Å². The van der Waals surface area contributed by atoms with Crippen LogP contribution in [0.3, 0.4) is 0 Å². The second kappa shape index (κ2) is 13.7. The Kier molecular flexibility index (Phi) is 10.8. The molecule has 0 aliphatic heterocycles. The first-order chi connectivity index (χ1) is 18.3. The summed E-state index contributed by atoms with van der Waals surface area (Å²) < 4.78 is 27.3. The molecule has 0 aliphatic carbocycles. The van der Waals surface area contributed by atoms with Gasteiger partial charge in [-0.2, -0.15) is 0 Å². The largest absolute Gasteiger partial charge is 0.352 e. The zero-order valence-corrected chi connectivity index (χ0v) is 25.7. The topological polar surface area (TPSA) is 86.8 Å². The highest BCUT2D eigenvalue weighted by Crippen LogP contribution is 2.26. The third-order valence-corrected chi connectivity index (χ3v) is 8.05. The van der Waals surface area contributed by atoms with E-state index in [9.17, 15) is 18.0 Å². The number of nitrogens with zero attached hydrogens (tertiary/aromatic N) is 2. The summed E-state index contributed by atoms with van der Waals surface area (Å²) in [5.74, 6) is -0.924. The van der Waals surface area contributed by atoms with Gasteiger partial charge in [-0.1, -0.05) is 81.6 Å². The minimum absolute atomic E-state index is 0.0338. The van der Waals surface area contributed by atoms with Crippen LogP contribution >= 0.6 is 39.1 Å². The van der Waals surface area contributed by atoms with Crippen molar-refractivity contribution in [2.24, 2.45) is 0 Å². The van der Waals surface area contributed by atoms with Gasteiger partial charge in [-0.15, -0.1) is 0 Å². The van der Waals surface area contributed by atoms with Gasteiger partial charge in [0.15, 0.2) is 0 Å². The molecule has 7 nitrogen and oxygen atoms in total. The lowest BCUT2D eigenvalue weighted by Crippen LogP contribution is -2.54. The molecule has 0 radical (unpaired) electrons. The number of hydrogen-bond acceptors (Lipinski definition) is 4. The van der Waals surface area contributed by atoms with Crippen LogP contribution in [0.15, 0.2) is 77.3 Å². The SMILES string of the molecule is CC(C)NC(=O)C(Cc1ccccc1)N(Cc1ccc(Cl)cc1Cl)C(=O)CN(c1cccc(Br)c1)S(C)(=O)=O. The van der Waals surface area contributed by atoms with Crippen LogP contribution in [0.2, 0.25) is 10.0 Å². The number of benzene rings is 3. The van der Waals surface area contributed by atoms with Crippen LogP contribution in [0.4, 0.5) is 5.69 Å². The number of halogens is 3. The molecule has 0 spiro atoms. The molecule has 1 unspecified atom stereocenters. The molecule has 3 rings (SSSR count). The molecule has 208 valence electrons. The van der Waals surface area contributed by atoms with Gasteiger partial charge in [0.05, 0.1) is 11.9 Å². The van der Waals surface area contributed by atoms with Crippen molar-refractivity contribution < 1.29 is 18.0 Å². The van der Waals surface area contributed by atoms with Crippen molar-refractivity contribution in [1.29, 1.82) is 0 Å². The smallest absolute Gasteiger partial charge is 0.244 e. The van der Waals surface area contributed by atoms with E-state index in [1.165, 1.54) is 4.90 Å². The van der Waals surface area contributed by atoms with Crippen molar-refractivity contribution in [2.45, 2.75) is 38.9 Å². The molecular formula is C28H30BrCl2N3O4S. The maximum atomic E-state index is 14.0. The van der Waals surface area contributed by atoms with Gasteiger partial charge in [0, 0.05) is 33.5 Å². The monoisotopic (exact) mass is 653 g/mol. The molecule has 0 aromatic heterocycles. The van der Waals surface area contributed by atoms with Gasteiger partial charge in [-0.05, 0) is 55.3 Å². The number of rotatable bonds is 11. The normalized spacial score (nSPS) is 12.2. The number of anilines is 1. The van der Waals surface area contributed by atoms with Crippen LogP contribution in [-0.4, -0.2) is 50.0 Å². The first kappa shape index (κ1) is 30.9. The highest BCUT2D eigenvalue weighted by Gasteiger charge is 2.33. The van der Waals surface area contributed by atoms with Crippen molar-refractivity contribution in [3.05, 3.63) is 98.4 Å². The Morgan fingerprint density at radius 3 is 2.26 bits per heavy atom. The summed E-state index contributed by atoms with van der Waals surface area (Å²) in [6.07, 6.45) is 1.25. The van der Waals surface area contributed by atoms with Gasteiger partial charge in [0.1, 0.15) is 12.6 Å². The first-order valence-electron chi connectivity index (χ1n) is 12.2. The first-order valence-corrected chi connectivity index (χ1v) is 15.6. The van der Waals surface area contributed by atoms with Crippen LogP contribution < -0.4 is 9.62 Å². The van der Waals surface area contributed by atoms with E-state index in [2.05, 4.69) is 21.2 Å². The quantitative estimate of drug-likeness (QED) is 0.288. The summed E-state index contributed by atoms with van der Waals surface area (Å²) >= 11 is 15.9. The number of carbonyl (C=O) groups is 2. The van der Waals surface area contributed by atoms with Gasteiger partial charge < -0.3 is 10.2 Å². The van der Waals surface area contributed by atoms with E-state index >= 15 is 0 Å². The summed E-state index contributed by atoms with van der Waals surface area (Å²) in [7, 11) is -3.85. The third-order valence-electron chi connectivity index (χ3n) is 5.83. The van der Waals surface area contributed by atoms with Crippen LogP contribution in [0, 0.1) is 0 Å². The van der Waals surface area contributed by atoms with Gasteiger partial charge in [0.25, 0.3) is 0 Å². The maximum absolute atomic E-state index is 14.0. The van der Waals surface area contributed by atoms with Gasteiger partial charge in [-0.25, -0.2) is 8.42 Å². The lowest BCUT2D eigenvalue weighted by Gasteiger charge is -2.34. The van der Waals surface area contributed by atoms with Gasteiger partial charge in [0.2, 0.25) is 21.8 Å². The fourth-order valence-corrected chi connectivity index (χ4v) is 5.71. The Bertz CT molecular complexity index is 1420. The van der Waals surface area contributed by atoms with E-state index in [-0.39, 0.29) is 24.9 Å².